The van der Waals surface area contributed by atoms with Crippen LogP contribution < -0.4 is 4.90 Å². The highest BCUT2D eigenvalue weighted by atomic mass is 16.3. The molecule has 298 valence electrons. The van der Waals surface area contributed by atoms with Crippen molar-refractivity contribution in [2.24, 2.45) is 0 Å². The minimum absolute atomic E-state index is 0.473. The van der Waals surface area contributed by atoms with Crippen molar-refractivity contribution in [3.63, 3.8) is 0 Å². The van der Waals surface area contributed by atoms with Crippen molar-refractivity contribution in [1.29, 1.82) is 0 Å². The summed E-state index contributed by atoms with van der Waals surface area (Å²) in [7, 11) is 0. The van der Waals surface area contributed by atoms with E-state index in [0.717, 1.165) is 77.6 Å². The molecular weight excluding hydrogens is 779 g/mol. The van der Waals surface area contributed by atoms with Crippen molar-refractivity contribution in [3.8, 4) is 44.5 Å². The van der Waals surface area contributed by atoms with E-state index < -0.39 is 5.41 Å². The Balaban J connectivity index is 1.04. The first kappa shape index (κ1) is 35.2. The number of fused-ring (bicyclic) bond motifs is 16. The summed E-state index contributed by atoms with van der Waals surface area (Å²) in [6.45, 7) is 0. The summed E-state index contributed by atoms with van der Waals surface area (Å²) in [4.78, 5) is 2.42. The summed E-state index contributed by atoms with van der Waals surface area (Å²) in [5.41, 5.74) is 20.9. The lowest BCUT2D eigenvalue weighted by Gasteiger charge is -2.31. The number of anilines is 3. The van der Waals surface area contributed by atoms with Crippen LogP contribution in [0.1, 0.15) is 22.3 Å². The molecule has 3 nitrogen and oxygen atoms in total. The molecule has 2 aromatic heterocycles. The van der Waals surface area contributed by atoms with Crippen molar-refractivity contribution in [3.05, 3.63) is 247 Å². The minimum Gasteiger partial charge on any atom is -0.456 e. The quantitative estimate of drug-likeness (QED) is 0.173. The Bertz CT molecular complexity index is 3790. The van der Waals surface area contributed by atoms with Gasteiger partial charge in [-0.2, -0.15) is 0 Å². The van der Waals surface area contributed by atoms with Crippen LogP contribution >= 0.6 is 0 Å². The molecule has 0 atom stereocenters. The summed E-state index contributed by atoms with van der Waals surface area (Å²) >= 11 is 0. The van der Waals surface area contributed by atoms with Gasteiger partial charge in [-0.1, -0.05) is 182 Å². The molecule has 2 heterocycles. The molecule has 0 amide bonds. The van der Waals surface area contributed by atoms with Crippen LogP contribution in [0.25, 0.3) is 88.4 Å². The van der Waals surface area contributed by atoms with Crippen molar-refractivity contribution in [2.45, 2.75) is 5.41 Å². The molecule has 2 aliphatic rings. The van der Waals surface area contributed by atoms with Crippen LogP contribution in [0.5, 0.6) is 0 Å². The summed E-state index contributed by atoms with van der Waals surface area (Å²) in [5, 5.41) is 4.18. The molecule has 0 N–H and O–H groups in total. The Kier molecular flexibility index (Phi) is 7.32. The zero-order chi connectivity index (χ0) is 41.9. The summed E-state index contributed by atoms with van der Waals surface area (Å²) in [5.74, 6) is 0. The zero-order valence-electron chi connectivity index (χ0n) is 34.6. The first-order valence-corrected chi connectivity index (χ1v) is 22.0. The Labute approximate surface area is 369 Å². The molecule has 0 radical (unpaired) electrons. The molecule has 0 unspecified atom stereocenters. The maximum atomic E-state index is 7.16. The van der Waals surface area contributed by atoms with Gasteiger partial charge in [-0.05, 0) is 104 Å². The van der Waals surface area contributed by atoms with Crippen LogP contribution in [-0.4, -0.2) is 0 Å². The van der Waals surface area contributed by atoms with E-state index in [1.54, 1.807) is 0 Å². The average Bonchev–Trinajstić information content (AvgIpc) is 4.09. The van der Waals surface area contributed by atoms with Crippen LogP contribution in [0.3, 0.4) is 0 Å². The zero-order valence-corrected chi connectivity index (χ0v) is 34.6. The van der Waals surface area contributed by atoms with Crippen LogP contribution in [0.2, 0.25) is 0 Å². The van der Waals surface area contributed by atoms with Gasteiger partial charge in [0.1, 0.15) is 16.7 Å². The molecule has 64 heavy (non-hydrogen) atoms. The Hall–Kier alpha value is -8.40. The Morgan fingerprint density at radius 1 is 0.328 bits per heavy atom. The molecule has 2 aliphatic carbocycles. The third-order valence-corrected chi connectivity index (χ3v) is 13.9. The van der Waals surface area contributed by atoms with E-state index in [1.807, 2.05) is 0 Å². The maximum Gasteiger partial charge on any atom is 0.159 e. The van der Waals surface area contributed by atoms with Gasteiger partial charge in [0.15, 0.2) is 5.58 Å². The van der Waals surface area contributed by atoms with Gasteiger partial charge in [0, 0.05) is 32.8 Å². The predicted octanol–water partition coefficient (Wildman–Crippen LogP) is 16.6. The number of furan rings is 2. The largest absolute Gasteiger partial charge is 0.456 e. The van der Waals surface area contributed by atoms with E-state index in [9.17, 15) is 0 Å². The molecule has 0 bridgehead atoms. The van der Waals surface area contributed by atoms with Crippen molar-refractivity contribution in [1.82, 2.24) is 0 Å². The molecule has 0 fully saturated rings. The van der Waals surface area contributed by atoms with Gasteiger partial charge in [0.25, 0.3) is 0 Å². The van der Waals surface area contributed by atoms with Crippen molar-refractivity contribution in [2.75, 3.05) is 4.90 Å². The first-order valence-electron chi connectivity index (χ1n) is 22.0. The monoisotopic (exact) mass is 815 g/mol. The molecule has 10 aromatic carbocycles. The standard InChI is InChI=1S/C61H37NO2/c1-3-16-38(17-4-1)39-32-34-41(35-33-39)62(53-29-15-28-52-59(53)46-22-9-12-27-51(46)61(52)49-25-10-7-20-43(49)44-21-8-11-26-50(44)61)54-30-13-24-45-47-36-57-48(37-56(47)64-60(45)54)58-42(23-14-31-55(58)63-57)40-18-5-2-6-19-40/h1-37H. The van der Waals surface area contributed by atoms with Gasteiger partial charge in [-0.15, -0.1) is 0 Å². The summed E-state index contributed by atoms with van der Waals surface area (Å²) < 4.78 is 13.8. The van der Waals surface area contributed by atoms with E-state index in [4.69, 9.17) is 8.83 Å². The fourth-order valence-electron chi connectivity index (χ4n) is 11.3. The highest BCUT2D eigenvalue weighted by molar-refractivity contribution is 6.19. The molecule has 0 saturated heterocycles. The second-order valence-corrected chi connectivity index (χ2v) is 17.1. The number of hydrogen-bond donors (Lipinski definition) is 0. The topological polar surface area (TPSA) is 29.5 Å². The molecule has 0 aliphatic heterocycles. The fourth-order valence-corrected chi connectivity index (χ4v) is 11.3. The molecule has 1 spiro atoms. The molecular formula is C61H37NO2. The highest BCUT2D eigenvalue weighted by Crippen LogP contribution is 2.65. The number of rotatable bonds is 5. The number of para-hydroxylation sites is 1. The lowest BCUT2D eigenvalue weighted by atomic mass is 9.70. The second-order valence-electron chi connectivity index (χ2n) is 17.1. The van der Waals surface area contributed by atoms with Crippen LogP contribution in [0, 0.1) is 0 Å². The van der Waals surface area contributed by atoms with Gasteiger partial charge >= 0.3 is 0 Å². The van der Waals surface area contributed by atoms with Gasteiger partial charge in [-0.3, -0.25) is 0 Å². The van der Waals surface area contributed by atoms with E-state index in [2.05, 4.69) is 229 Å². The molecule has 0 saturated carbocycles. The van der Waals surface area contributed by atoms with Crippen molar-refractivity contribution >= 4 is 60.9 Å². The average molecular weight is 816 g/mol. The molecule has 12 aromatic rings. The third kappa shape index (κ3) is 4.76. The number of hydrogen-bond acceptors (Lipinski definition) is 3. The van der Waals surface area contributed by atoms with Crippen LogP contribution in [0.4, 0.5) is 17.1 Å². The summed E-state index contributed by atoms with van der Waals surface area (Å²) in [6, 6.07) is 81.3. The third-order valence-electron chi connectivity index (χ3n) is 13.9. The Morgan fingerprint density at radius 3 is 1.59 bits per heavy atom. The van der Waals surface area contributed by atoms with Crippen LogP contribution in [-0.2, 0) is 5.41 Å². The van der Waals surface area contributed by atoms with E-state index in [1.165, 1.54) is 50.1 Å². The van der Waals surface area contributed by atoms with Gasteiger partial charge in [0.2, 0.25) is 0 Å². The lowest BCUT2D eigenvalue weighted by Crippen LogP contribution is -2.26. The normalized spacial score (nSPS) is 13.1. The minimum atomic E-state index is -0.473. The fraction of sp³-hybridized carbons (Fsp3) is 0.0164. The number of benzene rings is 10. The van der Waals surface area contributed by atoms with Crippen molar-refractivity contribution < 1.29 is 8.83 Å². The Morgan fingerprint density at radius 2 is 0.859 bits per heavy atom. The second kappa shape index (κ2) is 13.3. The predicted molar refractivity (Wildman–Crippen MR) is 263 cm³/mol. The lowest BCUT2D eigenvalue weighted by molar-refractivity contribution is 0.664. The van der Waals surface area contributed by atoms with Crippen LogP contribution in [0.15, 0.2) is 233 Å². The molecule has 14 rings (SSSR count). The molecule has 3 heteroatoms. The van der Waals surface area contributed by atoms with Gasteiger partial charge < -0.3 is 13.7 Å². The SMILES string of the molecule is c1ccc(-c2ccc(N(c3cccc4c3-c3ccccc3C43c4ccccc4-c4ccccc43)c3cccc4c3oc3cc5c(cc34)oc3cccc(-c4ccccc4)c35)cc2)cc1. The first-order chi connectivity index (χ1) is 31.8. The summed E-state index contributed by atoms with van der Waals surface area (Å²) in [6.07, 6.45) is 0. The maximum absolute atomic E-state index is 7.16. The van der Waals surface area contributed by atoms with E-state index in [-0.39, 0.29) is 0 Å². The van der Waals surface area contributed by atoms with E-state index in [0.29, 0.717) is 0 Å². The highest BCUT2D eigenvalue weighted by Gasteiger charge is 2.52. The van der Waals surface area contributed by atoms with E-state index >= 15 is 0 Å². The smallest absolute Gasteiger partial charge is 0.159 e. The van der Waals surface area contributed by atoms with Gasteiger partial charge in [0.05, 0.1) is 16.8 Å². The number of nitrogens with zero attached hydrogens (tertiary/aromatic N) is 1. The van der Waals surface area contributed by atoms with Gasteiger partial charge in [-0.25, -0.2) is 0 Å².